The second kappa shape index (κ2) is 12.9. The molecule has 6 heteroatoms. The van der Waals surface area contributed by atoms with Crippen molar-refractivity contribution in [2.75, 3.05) is 13.2 Å². The molecular weight excluding hydrogens is 344 g/mol. The molecule has 0 bridgehead atoms. The standard InChI is InChI=1S/C21H38N2O4/c1-15(2)19(24)6-5-7-21(26)23-18-10-8-17(9-11-18)14-22-20(25)12-13-27-16(3)4/h15-18H,5-14H2,1-4H3,(H,22,25)(H,23,26). The maximum atomic E-state index is 12.0. The normalized spacial score (nSPS) is 19.9. The number of hydrogen-bond acceptors (Lipinski definition) is 4. The smallest absolute Gasteiger partial charge is 0.222 e. The second-order valence-electron chi connectivity index (χ2n) is 8.23. The van der Waals surface area contributed by atoms with Crippen LogP contribution in [0.15, 0.2) is 0 Å². The van der Waals surface area contributed by atoms with Crippen molar-refractivity contribution in [3.63, 3.8) is 0 Å². The number of Topliss-reactive ketones (excluding diaryl/α,β-unsaturated/α-hetero) is 1. The van der Waals surface area contributed by atoms with E-state index >= 15 is 0 Å². The molecule has 0 aromatic carbocycles. The van der Waals surface area contributed by atoms with Crippen molar-refractivity contribution in [2.45, 2.75) is 91.2 Å². The van der Waals surface area contributed by atoms with Crippen LogP contribution in [-0.4, -0.2) is 42.9 Å². The lowest BCUT2D eigenvalue weighted by molar-refractivity contribution is -0.124. The molecule has 1 aliphatic carbocycles. The van der Waals surface area contributed by atoms with Gasteiger partial charge in [0.15, 0.2) is 0 Å². The van der Waals surface area contributed by atoms with Gasteiger partial charge in [0, 0.05) is 37.8 Å². The number of rotatable bonds is 12. The van der Waals surface area contributed by atoms with Gasteiger partial charge in [-0.05, 0) is 51.9 Å². The van der Waals surface area contributed by atoms with Gasteiger partial charge in [0.05, 0.1) is 12.7 Å². The number of carbonyl (C=O) groups is 3. The van der Waals surface area contributed by atoms with Gasteiger partial charge in [-0.3, -0.25) is 14.4 Å². The fourth-order valence-corrected chi connectivity index (χ4v) is 3.26. The van der Waals surface area contributed by atoms with Crippen LogP contribution in [0, 0.1) is 11.8 Å². The number of ether oxygens (including phenoxy) is 1. The minimum absolute atomic E-state index is 0.0435. The van der Waals surface area contributed by atoms with Crippen LogP contribution in [-0.2, 0) is 19.1 Å². The Labute approximate surface area is 164 Å². The van der Waals surface area contributed by atoms with Crippen molar-refractivity contribution in [3.8, 4) is 0 Å². The SMILES string of the molecule is CC(C)OCCC(=O)NCC1CCC(NC(=O)CCCC(=O)C(C)C)CC1. The molecule has 1 rings (SSSR count). The van der Waals surface area contributed by atoms with Gasteiger partial charge >= 0.3 is 0 Å². The quantitative estimate of drug-likeness (QED) is 0.543. The summed E-state index contributed by atoms with van der Waals surface area (Å²) in [5.41, 5.74) is 0. The second-order valence-corrected chi connectivity index (χ2v) is 8.23. The predicted octanol–water partition coefficient (Wildman–Crippen LogP) is 2.99. The molecule has 27 heavy (non-hydrogen) atoms. The first-order chi connectivity index (χ1) is 12.8. The number of ketones is 1. The Morgan fingerprint density at radius 1 is 0.926 bits per heavy atom. The summed E-state index contributed by atoms with van der Waals surface area (Å²) >= 11 is 0. The highest BCUT2D eigenvalue weighted by atomic mass is 16.5. The Morgan fingerprint density at radius 3 is 2.19 bits per heavy atom. The summed E-state index contributed by atoms with van der Waals surface area (Å²) in [6.07, 6.45) is 6.03. The van der Waals surface area contributed by atoms with E-state index in [1.807, 2.05) is 27.7 Å². The maximum Gasteiger partial charge on any atom is 0.222 e. The lowest BCUT2D eigenvalue weighted by Crippen LogP contribution is -2.39. The van der Waals surface area contributed by atoms with E-state index in [-0.39, 0.29) is 35.7 Å². The topological polar surface area (TPSA) is 84.5 Å². The van der Waals surface area contributed by atoms with E-state index in [2.05, 4.69) is 10.6 Å². The molecular formula is C21H38N2O4. The van der Waals surface area contributed by atoms with Crippen molar-refractivity contribution in [1.82, 2.24) is 10.6 Å². The molecule has 0 aromatic heterocycles. The zero-order chi connectivity index (χ0) is 20.2. The molecule has 0 unspecified atom stereocenters. The summed E-state index contributed by atoms with van der Waals surface area (Å²) < 4.78 is 5.39. The molecule has 0 heterocycles. The molecule has 0 spiro atoms. The average Bonchev–Trinajstić information content (AvgIpc) is 2.60. The molecule has 6 nitrogen and oxygen atoms in total. The molecule has 0 aromatic rings. The summed E-state index contributed by atoms with van der Waals surface area (Å²) in [5.74, 6) is 0.847. The Balaban J connectivity index is 2.11. The third-order valence-corrected chi connectivity index (χ3v) is 5.05. The van der Waals surface area contributed by atoms with E-state index in [1.165, 1.54) is 0 Å². The third kappa shape index (κ3) is 11.1. The van der Waals surface area contributed by atoms with Crippen LogP contribution in [0.4, 0.5) is 0 Å². The molecule has 0 saturated heterocycles. The van der Waals surface area contributed by atoms with Gasteiger partial charge in [-0.1, -0.05) is 13.8 Å². The molecule has 0 atom stereocenters. The molecule has 156 valence electrons. The maximum absolute atomic E-state index is 12.0. The average molecular weight is 383 g/mol. The van der Waals surface area contributed by atoms with E-state index < -0.39 is 0 Å². The molecule has 2 amide bonds. The zero-order valence-electron chi connectivity index (χ0n) is 17.5. The van der Waals surface area contributed by atoms with Gasteiger partial charge < -0.3 is 15.4 Å². The molecule has 1 aliphatic rings. The number of hydrogen-bond donors (Lipinski definition) is 2. The third-order valence-electron chi connectivity index (χ3n) is 5.05. The number of amides is 2. The minimum atomic E-state index is 0.0435. The van der Waals surface area contributed by atoms with E-state index in [0.717, 1.165) is 25.7 Å². The number of nitrogens with one attached hydrogen (secondary N) is 2. The highest BCUT2D eigenvalue weighted by molar-refractivity contribution is 5.81. The summed E-state index contributed by atoms with van der Waals surface area (Å²) in [6, 6.07) is 0.227. The van der Waals surface area contributed by atoms with E-state index in [9.17, 15) is 14.4 Å². The molecule has 1 saturated carbocycles. The van der Waals surface area contributed by atoms with E-state index in [1.54, 1.807) is 0 Å². The lowest BCUT2D eigenvalue weighted by atomic mass is 9.86. The highest BCUT2D eigenvalue weighted by Gasteiger charge is 2.22. The Bertz CT molecular complexity index is 469. The molecule has 2 N–H and O–H groups in total. The highest BCUT2D eigenvalue weighted by Crippen LogP contribution is 2.24. The number of carbonyl (C=O) groups excluding carboxylic acids is 3. The van der Waals surface area contributed by atoms with Crippen LogP contribution in [0.2, 0.25) is 0 Å². The van der Waals surface area contributed by atoms with Crippen LogP contribution in [0.3, 0.4) is 0 Å². The molecule has 0 radical (unpaired) electrons. The minimum Gasteiger partial charge on any atom is -0.378 e. The summed E-state index contributed by atoms with van der Waals surface area (Å²) in [7, 11) is 0. The zero-order valence-corrected chi connectivity index (χ0v) is 17.5. The van der Waals surface area contributed by atoms with Crippen LogP contribution in [0.5, 0.6) is 0 Å². The van der Waals surface area contributed by atoms with Gasteiger partial charge in [-0.15, -0.1) is 0 Å². The van der Waals surface area contributed by atoms with Crippen molar-refractivity contribution in [3.05, 3.63) is 0 Å². The van der Waals surface area contributed by atoms with Crippen LogP contribution < -0.4 is 10.6 Å². The summed E-state index contributed by atoms with van der Waals surface area (Å²) in [4.78, 5) is 35.4. The van der Waals surface area contributed by atoms with Crippen molar-refractivity contribution in [1.29, 1.82) is 0 Å². The lowest BCUT2D eigenvalue weighted by Gasteiger charge is -2.29. The fourth-order valence-electron chi connectivity index (χ4n) is 3.26. The van der Waals surface area contributed by atoms with Crippen molar-refractivity contribution in [2.24, 2.45) is 11.8 Å². The first kappa shape index (κ1) is 23.6. The Morgan fingerprint density at radius 2 is 1.59 bits per heavy atom. The van der Waals surface area contributed by atoms with Crippen LogP contribution >= 0.6 is 0 Å². The van der Waals surface area contributed by atoms with Gasteiger partial charge in [-0.2, -0.15) is 0 Å². The van der Waals surface area contributed by atoms with Crippen molar-refractivity contribution >= 4 is 17.6 Å². The predicted molar refractivity (Wildman–Crippen MR) is 106 cm³/mol. The van der Waals surface area contributed by atoms with Gasteiger partial charge in [0.2, 0.25) is 11.8 Å². The first-order valence-electron chi connectivity index (χ1n) is 10.5. The summed E-state index contributed by atoms with van der Waals surface area (Å²) in [5, 5.41) is 6.08. The Kier molecular flexibility index (Phi) is 11.3. The van der Waals surface area contributed by atoms with Crippen LogP contribution in [0.1, 0.15) is 79.1 Å². The Hall–Kier alpha value is -1.43. The van der Waals surface area contributed by atoms with Crippen LogP contribution in [0.25, 0.3) is 0 Å². The van der Waals surface area contributed by atoms with Crippen molar-refractivity contribution < 1.29 is 19.1 Å². The van der Waals surface area contributed by atoms with E-state index in [4.69, 9.17) is 4.74 Å². The first-order valence-corrected chi connectivity index (χ1v) is 10.5. The molecule has 0 aliphatic heterocycles. The summed E-state index contributed by atoms with van der Waals surface area (Å²) in [6.45, 7) is 8.87. The largest absolute Gasteiger partial charge is 0.378 e. The van der Waals surface area contributed by atoms with E-state index in [0.29, 0.717) is 44.8 Å². The van der Waals surface area contributed by atoms with Gasteiger partial charge in [0.1, 0.15) is 5.78 Å². The molecule has 1 fully saturated rings. The van der Waals surface area contributed by atoms with Gasteiger partial charge in [-0.25, -0.2) is 0 Å². The monoisotopic (exact) mass is 382 g/mol. The fraction of sp³-hybridized carbons (Fsp3) is 0.857. The van der Waals surface area contributed by atoms with Gasteiger partial charge in [0.25, 0.3) is 0 Å².